The van der Waals surface area contributed by atoms with Gasteiger partial charge in [0.05, 0.1) is 33.0 Å². The Labute approximate surface area is 114 Å². The number of aldehydes is 1. The molecule has 0 aliphatic carbocycles. The molecule has 0 radical (unpaired) electrons. The summed E-state index contributed by atoms with van der Waals surface area (Å²) in [5, 5.41) is 2.53. The number of hydrogen-bond donors (Lipinski definition) is 1. The highest BCUT2D eigenvalue weighted by Crippen LogP contribution is 1.85. The standard InChI is InChI=1S/C12H24N2O5/c1-14(3-7-17-6-2-13-12-16)4-8-18-10-11-19-9-5-15/h5,12H,2-4,6-11H2,1H3,(H,13,16). The van der Waals surface area contributed by atoms with Crippen LogP contribution >= 0.6 is 0 Å². The van der Waals surface area contributed by atoms with E-state index in [0.29, 0.717) is 46.0 Å². The lowest BCUT2D eigenvalue weighted by Gasteiger charge is -2.16. The summed E-state index contributed by atoms with van der Waals surface area (Å²) >= 11 is 0. The fraction of sp³-hybridized carbons (Fsp3) is 0.833. The largest absolute Gasteiger partial charge is 0.378 e. The Morgan fingerprint density at radius 2 is 1.58 bits per heavy atom. The van der Waals surface area contributed by atoms with Gasteiger partial charge in [-0.3, -0.25) is 4.79 Å². The van der Waals surface area contributed by atoms with Crippen LogP contribution < -0.4 is 5.32 Å². The molecule has 0 spiro atoms. The molecule has 1 amide bonds. The number of nitrogens with one attached hydrogen (secondary N) is 1. The summed E-state index contributed by atoms with van der Waals surface area (Å²) in [6, 6.07) is 0. The molecule has 0 bridgehead atoms. The first kappa shape index (κ1) is 18.0. The van der Waals surface area contributed by atoms with Gasteiger partial charge < -0.3 is 29.2 Å². The van der Waals surface area contributed by atoms with Gasteiger partial charge in [-0.1, -0.05) is 0 Å². The monoisotopic (exact) mass is 276 g/mol. The smallest absolute Gasteiger partial charge is 0.207 e. The van der Waals surface area contributed by atoms with Crippen LogP contribution in [0.5, 0.6) is 0 Å². The van der Waals surface area contributed by atoms with Gasteiger partial charge in [-0.2, -0.15) is 0 Å². The SMILES string of the molecule is CN(CCOCCNC=O)CCOCCOCC=O. The lowest BCUT2D eigenvalue weighted by Crippen LogP contribution is -2.28. The summed E-state index contributed by atoms with van der Waals surface area (Å²) in [5.41, 5.74) is 0. The van der Waals surface area contributed by atoms with Crippen molar-refractivity contribution in [3.05, 3.63) is 0 Å². The molecule has 0 saturated heterocycles. The number of nitrogens with zero attached hydrogens (tertiary/aromatic N) is 1. The minimum atomic E-state index is 0.125. The minimum absolute atomic E-state index is 0.125. The molecule has 7 heteroatoms. The number of likely N-dealkylation sites (N-methyl/N-ethyl adjacent to an activating group) is 1. The lowest BCUT2D eigenvalue weighted by molar-refractivity contribution is -0.112. The molecule has 0 fully saturated rings. The Morgan fingerprint density at radius 3 is 2.21 bits per heavy atom. The van der Waals surface area contributed by atoms with E-state index in [1.807, 2.05) is 7.05 Å². The Hall–Kier alpha value is -1.02. The molecule has 0 aromatic heterocycles. The predicted octanol–water partition coefficient (Wildman–Crippen LogP) is -1.09. The van der Waals surface area contributed by atoms with E-state index in [1.165, 1.54) is 0 Å². The first-order valence-electron chi connectivity index (χ1n) is 6.33. The second kappa shape index (κ2) is 15.0. The number of ether oxygens (including phenoxy) is 3. The third kappa shape index (κ3) is 14.9. The van der Waals surface area contributed by atoms with Crippen molar-refractivity contribution in [2.75, 3.05) is 66.3 Å². The number of carbonyl (C=O) groups is 2. The molecule has 0 rings (SSSR count). The molecule has 0 atom stereocenters. The maximum atomic E-state index is 9.96. The summed E-state index contributed by atoms with van der Waals surface area (Å²) in [7, 11) is 1.99. The van der Waals surface area contributed by atoms with E-state index in [-0.39, 0.29) is 6.61 Å². The summed E-state index contributed by atoms with van der Waals surface area (Å²) in [6.45, 7) is 4.99. The fourth-order valence-corrected chi connectivity index (χ4v) is 1.20. The molecule has 0 unspecified atom stereocenters. The van der Waals surface area contributed by atoms with Gasteiger partial charge in [0.1, 0.15) is 12.9 Å². The number of amides is 1. The van der Waals surface area contributed by atoms with Crippen LogP contribution in [0, 0.1) is 0 Å². The highest BCUT2D eigenvalue weighted by molar-refractivity contribution is 5.50. The molecule has 0 aliphatic rings. The zero-order chi connectivity index (χ0) is 14.2. The molecule has 1 N–H and O–H groups in total. The zero-order valence-corrected chi connectivity index (χ0v) is 11.5. The highest BCUT2D eigenvalue weighted by atomic mass is 16.5. The second-order valence-electron chi connectivity index (χ2n) is 3.84. The van der Waals surface area contributed by atoms with Gasteiger partial charge in [0.25, 0.3) is 0 Å². The third-order valence-electron chi connectivity index (χ3n) is 2.27. The molecule has 0 aromatic rings. The van der Waals surface area contributed by atoms with Gasteiger partial charge in [0, 0.05) is 19.6 Å². The van der Waals surface area contributed by atoms with Crippen LogP contribution in [0.2, 0.25) is 0 Å². The molecule has 0 saturated carbocycles. The average molecular weight is 276 g/mol. The van der Waals surface area contributed by atoms with Crippen molar-refractivity contribution in [1.82, 2.24) is 10.2 Å². The first-order chi connectivity index (χ1) is 9.31. The maximum absolute atomic E-state index is 9.96. The van der Waals surface area contributed by atoms with Crippen LogP contribution in [0.3, 0.4) is 0 Å². The van der Waals surface area contributed by atoms with Gasteiger partial charge in [-0.15, -0.1) is 0 Å². The summed E-state index contributed by atoms with van der Waals surface area (Å²) in [6.07, 6.45) is 1.38. The van der Waals surface area contributed by atoms with E-state index < -0.39 is 0 Å². The van der Waals surface area contributed by atoms with Crippen LogP contribution in [0.15, 0.2) is 0 Å². The van der Waals surface area contributed by atoms with Gasteiger partial charge in [-0.25, -0.2) is 0 Å². The van der Waals surface area contributed by atoms with Crippen molar-refractivity contribution in [3.8, 4) is 0 Å². The first-order valence-corrected chi connectivity index (χ1v) is 6.33. The van der Waals surface area contributed by atoms with Crippen molar-refractivity contribution in [2.45, 2.75) is 0 Å². The Morgan fingerprint density at radius 1 is 0.947 bits per heavy atom. The summed E-state index contributed by atoms with van der Waals surface area (Å²) in [4.78, 5) is 22.0. The molecule has 0 heterocycles. The van der Waals surface area contributed by atoms with Crippen molar-refractivity contribution in [2.24, 2.45) is 0 Å². The normalized spacial score (nSPS) is 10.6. The number of rotatable bonds is 15. The van der Waals surface area contributed by atoms with Gasteiger partial charge >= 0.3 is 0 Å². The van der Waals surface area contributed by atoms with E-state index in [1.54, 1.807) is 0 Å². The number of hydrogen-bond acceptors (Lipinski definition) is 6. The van der Waals surface area contributed by atoms with E-state index in [0.717, 1.165) is 19.4 Å². The lowest BCUT2D eigenvalue weighted by atomic mass is 10.5. The van der Waals surface area contributed by atoms with Crippen molar-refractivity contribution < 1.29 is 23.8 Å². The van der Waals surface area contributed by atoms with Crippen LogP contribution in [-0.4, -0.2) is 83.9 Å². The second-order valence-corrected chi connectivity index (χ2v) is 3.84. The Bertz CT molecular complexity index is 216. The van der Waals surface area contributed by atoms with E-state index in [9.17, 15) is 9.59 Å². The topological polar surface area (TPSA) is 77.1 Å². The van der Waals surface area contributed by atoms with Crippen molar-refractivity contribution in [3.63, 3.8) is 0 Å². The fourth-order valence-electron chi connectivity index (χ4n) is 1.20. The van der Waals surface area contributed by atoms with Gasteiger partial charge in [0.15, 0.2) is 0 Å². The third-order valence-corrected chi connectivity index (χ3v) is 2.27. The quantitative estimate of drug-likeness (QED) is 0.303. The minimum Gasteiger partial charge on any atom is -0.378 e. The van der Waals surface area contributed by atoms with Crippen molar-refractivity contribution >= 4 is 12.7 Å². The maximum Gasteiger partial charge on any atom is 0.207 e. The van der Waals surface area contributed by atoms with Gasteiger partial charge in [0.2, 0.25) is 6.41 Å². The zero-order valence-electron chi connectivity index (χ0n) is 11.5. The van der Waals surface area contributed by atoms with Crippen LogP contribution in [0.25, 0.3) is 0 Å². The molecule has 112 valence electrons. The van der Waals surface area contributed by atoms with E-state index in [2.05, 4.69) is 10.2 Å². The highest BCUT2D eigenvalue weighted by Gasteiger charge is 1.98. The molecule has 7 nitrogen and oxygen atoms in total. The molecule has 0 aromatic carbocycles. The molecule has 19 heavy (non-hydrogen) atoms. The average Bonchev–Trinajstić information content (AvgIpc) is 2.41. The Kier molecular flexibility index (Phi) is 14.2. The van der Waals surface area contributed by atoms with Crippen LogP contribution in [0.1, 0.15) is 0 Å². The van der Waals surface area contributed by atoms with Crippen LogP contribution in [-0.2, 0) is 23.8 Å². The van der Waals surface area contributed by atoms with Crippen molar-refractivity contribution in [1.29, 1.82) is 0 Å². The van der Waals surface area contributed by atoms with E-state index >= 15 is 0 Å². The predicted molar refractivity (Wildman–Crippen MR) is 70.1 cm³/mol. The van der Waals surface area contributed by atoms with Gasteiger partial charge in [-0.05, 0) is 7.05 Å². The molecular formula is C12H24N2O5. The van der Waals surface area contributed by atoms with Crippen LogP contribution in [0.4, 0.5) is 0 Å². The Balaban J connectivity index is 3.14. The molecule has 0 aliphatic heterocycles. The molecular weight excluding hydrogens is 252 g/mol. The summed E-state index contributed by atoms with van der Waals surface area (Å²) < 4.78 is 15.6. The summed E-state index contributed by atoms with van der Waals surface area (Å²) in [5.74, 6) is 0. The van der Waals surface area contributed by atoms with E-state index in [4.69, 9.17) is 14.2 Å². The number of carbonyl (C=O) groups excluding carboxylic acids is 2.